The van der Waals surface area contributed by atoms with Gasteiger partial charge in [-0.25, -0.2) is 8.42 Å². The molecule has 0 saturated heterocycles. The van der Waals surface area contributed by atoms with Crippen molar-refractivity contribution < 1.29 is 22.7 Å². The van der Waals surface area contributed by atoms with Gasteiger partial charge in [-0.2, -0.15) is 0 Å². The van der Waals surface area contributed by atoms with Crippen LogP contribution in [0.4, 0.5) is 5.69 Å². The van der Waals surface area contributed by atoms with Crippen molar-refractivity contribution in [2.45, 2.75) is 13.0 Å². The molecule has 0 unspecified atom stereocenters. The van der Waals surface area contributed by atoms with Crippen molar-refractivity contribution in [3.8, 4) is 11.5 Å². The van der Waals surface area contributed by atoms with Crippen LogP contribution in [0.15, 0.2) is 42.5 Å². The van der Waals surface area contributed by atoms with Gasteiger partial charge in [0.15, 0.2) is 11.5 Å². The summed E-state index contributed by atoms with van der Waals surface area (Å²) in [5.74, 6) is 0.648. The van der Waals surface area contributed by atoms with Crippen LogP contribution < -0.4 is 19.1 Å². The zero-order chi connectivity index (χ0) is 20.9. The number of benzene rings is 2. The molecule has 28 heavy (non-hydrogen) atoms. The van der Waals surface area contributed by atoms with Gasteiger partial charge in [-0.05, 0) is 36.8 Å². The molecule has 1 N–H and O–H groups in total. The van der Waals surface area contributed by atoms with Gasteiger partial charge in [-0.1, -0.05) is 29.8 Å². The van der Waals surface area contributed by atoms with Gasteiger partial charge in [-0.3, -0.25) is 9.10 Å². The fourth-order valence-corrected chi connectivity index (χ4v) is 3.81. The molecule has 0 aliphatic carbocycles. The molecule has 0 aliphatic heterocycles. The van der Waals surface area contributed by atoms with E-state index in [0.717, 1.165) is 16.1 Å². The number of anilines is 1. The highest BCUT2D eigenvalue weighted by molar-refractivity contribution is 7.92. The number of halogens is 1. The number of nitrogens with zero attached hydrogens (tertiary/aromatic N) is 1. The van der Waals surface area contributed by atoms with E-state index in [9.17, 15) is 13.2 Å². The molecule has 0 aromatic heterocycles. The highest BCUT2D eigenvalue weighted by atomic mass is 35.5. The third-order valence-electron chi connectivity index (χ3n) is 4.09. The Labute approximate surface area is 170 Å². The Bertz CT molecular complexity index is 949. The highest BCUT2D eigenvalue weighted by Crippen LogP contribution is 2.30. The van der Waals surface area contributed by atoms with Gasteiger partial charge in [0, 0.05) is 0 Å². The third-order valence-corrected chi connectivity index (χ3v) is 5.54. The Balaban J connectivity index is 2.18. The maximum absolute atomic E-state index is 12.5. The van der Waals surface area contributed by atoms with Crippen LogP contribution in [0.25, 0.3) is 0 Å². The summed E-state index contributed by atoms with van der Waals surface area (Å²) in [4.78, 5) is 12.5. The van der Waals surface area contributed by atoms with Gasteiger partial charge in [0.1, 0.15) is 6.54 Å². The zero-order valence-corrected chi connectivity index (χ0v) is 17.7. The van der Waals surface area contributed by atoms with Gasteiger partial charge in [0.05, 0.1) is 37.2 Å². The molecule has 152 valence electrons. The van der Waals surface area contributed by atoms with Crippen molar-refractivity contribution in [1.82, 2.24) is 5.32 Å². The average Bonchev–Trinajstić information content (AvgIpc) is 2.65. The van der Waals surface area contributed by atoms with Gasteiger partial charge in [0.2, 0.25) is 15.9 Å². The average molecular weight is 427 g/mol. The first kappa shape index (κ1) is 21.8. The summed E-state index contributed by atoms with van der Waals surface area (Å²) >= 11 is 6.11. The van der Waals surface area contributed by atoms with Crippen molar-refractivity contribution in [2.24, 2.45) is 0 Å². The number of hydrogen-bond donors (Lipinski definition) is 1. The van der Waals surface area contributed by atoms with Gasteiger partial charge < -0.3 is 14.8 Å². The van der Waals surface area contributed by atoms with Crippen LogP contribution in [-0.2, 0) is 14.8 Å². The van der Waals surface area contributed by atoms with Crippen LogP contribution in [0.5, 0.6) is 11.5 Å². The lowest BCUT2D eigenvalue weighted by Crippen LogP contribution is -2.41. The number of carbonyl (C=O) groups is 1. The summed E-state index contributed by atoms with van der Waals surface area (Å²) in [5.41, 5.74) is 1.04. The van der Waals surface area contributed by atoms with E-state index in [2.05, 4.69) is 5.32 Å². The Hall–Kier alpha value is -2.45. The smallest absolute Gasteiger partial charge is 0.241 e. The fraction of sp³-hybridized carbons (Fsp3) is 0.316. The predicted octanol–water partition coefficient (Wildman–Crippen LogP) is 3.00. The quantitative estimate of drug-likeness (QED) is 0.701. The number of rotatable bonds is 8. The second-order valence-corrected chi connectivity index (χ2v) is 8.44. The monoisotopic (exact) mass is 426 g/mol. The SMILES string of the molecule is COc1ccc([C@H](C)NC(=O)CN(c2ccccc2Cl)S(C)(=O)=O)cc1OC. The molecular formula is C19H23ClN2O5S. The van der Waals surface area contributed by atoms with E-state index in [1.165, 1.54) is 14.2 Å². The van der Waals surface area contributed by atoms with Crippen molar-refractivity contribution in [3.05, 3.63) is 53.1 Å². The second kappa shape index (κ2) is 9.16. The fourth-order valence-electron chi connectivity index (χ4n) is 2.66. The summed E-state index contributed by atoms with van der Waals surface area (Å²) in [6, 6.07) is 11.4. The van der Waals surface area contributed by atoms with Crippen LogP contribution in [0, 0.1) is 0 Å². The summed E-state index contributed by atoms with van der Waals surface area (Å²) in [7, 11) is -0.639. The molecule has 1 amide bonds. The van der Waals surface area contributed by atoms with E-state index in [1.54, 1.807) is 49.4 Å². The first-order chi connectivity index (χ1) is 13.2. The van der Waals surface area contributed by atoms with Gasteiger partial charge >= 0.3 is 0 Å². The van der Waals surface area contributed by atoms with Crippen LogP contribution in [0.2, 0.25) is 5.02 Å². The minimum atomic E-state index is -3.70. The third kappa shape index (κ3) is 5.30. The van der Waals surface area contributed by atoms with Crippen LogP contribution in [0.1, 0.15) is 18.5 Å². The predicted molar refractivity (Wildman–Crippen MR) is 110 cm³/mol. The standard InChI is InChI=1S/C19H23ClN2O5S/c1-13(14-9-10-17(26-2)18(11-14)27-3)21-19(23)12-22(28(4,24)25)16-8-6-5-7-15(16)20/h5-11,13H,12H2,1-4H3,(H,21,23)/t13-/m0/s1. The molecule has 0 spiro atoms. The Morgan fingerprint density at radius 3 is 2.36 bits per heavy atom. The number of sulfonamides is 1. The van der Waals surface area contributed by atoms with E-state index in [0.29, 0.717) is 11.5 Å². The number of carbonyl (C=O) groups excluding carboxylic acids is 1. The molecule has 2 rings (SSSR count). The number of para-hydroxylation sites is 1. The molecule has 2 aromatic carbocycles. The number of amides is 1. The topological polar surface area (TPSA) is 84.9 Å². The molecule has 0 radical (unpaired) electrons. The molecule has 7 nitrogen and oxygen atoms in total. The van der Waals surface area contributed by atoms with E-state index >= 15 is 0 Å². The highest BCUT2D eigenvalue weighted by Gasteiger charge is 2.23. The summed E-state index contributed by atoms with van der Waals surface area (Å²) in [5, 5.41) is 3.04. The van der Waals surface area contributed by atoms with E-state index in [-0.39, 0.29) is 23.3 Å². The largest absolute Gasteiger partial charge is 0.493 e. The Kier molecular flexibility index (Phi) is 7.15. The van der Waals surface area contributed by atoms with Crippen LogP contribution in [-0.4, -0.2) is 41.3 Å². The summed E-state index contributed by atoms with van der Waals surface area (Å²) < 4.78 is 35.8. The second-order valence-electron chi connectivity index (χ2n) is 6.12. The number of hydrogen-bond acceptors (Lipinski definition) is 5. The van der Waals surface area contributed by atoms with E-state index in [1.807, 2.05) is 0 Å². The minimum absolute atomic E-state index is 0.244. The van der Waals surface area contributed by atoms with E-state index < -0.39 is 15.9 Å². The lowest BCUT2D eigenvalue weighted by atomic mass is 10.1. The van der Waals surface area contributed by atoms with Gasteiger partial charge in [-0.15, -0.1) is 0 Å². The maximum atomic E-state index is 12.5. The number of nitrogens with one attached hydrogen (secondary N) is 1. The normalized spacial score (nSPS) is 12.2. The molecule has 1 atom stereocenters. The van der Waals surface area contributed by atoms with Gasteiger partial charge in [0.25, 0.3) is 0 Å². The van der Waals surface area contributed by atoms with Crippen LogP contribution in [0.3, 0.4) is 0 Å². The molecule has 9 heteroatoms. The molecule has 0 bridgehead atoms. The molecule has 2 aromatic rings. The molecule has 0 aliphatic rings. The zero-order valence-electron chi connectivity index (χ0n) is 16.1. The Morgan fingerprint density at radius 1 is 1.14 bits per heavy atom. The van der Waals surface area contributed by atoms with Crippen molar-refractivity contribution in [1.29, 1.82) is 0 Å². The molecular weight excluding hydrogens is 404 g/mol. The maximum Gasteiger partial charge on any atom is 0.241 e. The number of methoxy groups -OCH3 is 2. The first-order valence-corrected chi connectivity index (χ1v) is 10.6. The van der Waals surface area contributed by atoms with E-state index in [4.69, 9.17) is 21.1 Å². The van der Waals surface area contributed by atoms with Crippen LogP contribution >= 0.6 is 11.6 Å². The lowest BCUT2D eigenvalue weighted by Gasteiger charge is -2.24. The molecule has 0 saturated carbocycles. The first-order valence-electron chi connectivity index (χ1n) is 8.41. The Morgan fingerprint density at radius 2 is 1.79 bits per heavy atom. The minimum Gasteiger partial charge on any atom is -0.493 e. The summed E-state index contributed by atoms with van der Waals surface area (Å²) in [6.45, 7) is 1.40. The van der Waals surface area contributed by atoms with Crippen molar-refractivity contribution in [3.63, 3.8) is 0 Å². The summed E-state index contributed by atoms with van der Waals surface area (Å²) in [6.07, 6.45) is 1.03. The lowest BCUT2D eigenvalue weighted by molar-refractivity contribution is -0.120. The molecule has 0 heterocycles. The number of ether oxygens (including phenoxy) is 2. The van der Waals surface area contributed by atoms with Crippen molar-refractivity contribution in [2.75, 3.05) is 31.3 Å². The molecule has 0 fully saturated rings. The van der Waals surface area contributed by atoms with Crippen molar-refractivity contribution >= 4 is 33.2 Å².